The zero-order valence-electron chi connectivity index (χ0n) is 87.8. The highest BCUT2D eigenvalue weighted by molar-refractivity contribution is 5.54. The van der Waals surface area contributed by atoms with Gasteiger partial charge in [-0.05, 0) is 136 Å². The molecule has 0 heteroatoms. The van der Waals surface area contributed by atoms with Crippen LogP contribution in [-0.4, -0.2) is 0 Å². The molecule has 0 heterocycles. The highest BCUT2D eigenvalue weighted by Gasteiger charge is 2.79. The normalized spacial score (nSPS) is 14.1. The SMILES string of the molecule is C#CCC#CC(C#CCC)(CC#CC)C(C#CC(C)(CC#CCC)CC#CCCC)(CCCC#C)C(C#CCCCC)(CC#CCCC)C(C#CCCCCC)(CCCCC#C)C(CC#CCCCC)(CCCCCC#C)C(C#CCCCCCC)(CC#CCCCCC)C(C#CCCCCCCC)(CCCCCCC#C)C(C#C)(CC#CCCCCCC)CCCCCCCC#C. The predicted molar refractivity (Wildman–Crippen MR) is 585 cm³/mol. The Balaban J connectivity index is 15.3. The van der Waals surface area contributed by atoms with Gasteiger partial charge in [-0.1, -0.05) is 308 Å². The summed E-state index contributed by atoms with van der Waals surface area (Å²) in [5, 5.41) is 0. The van der Waals surface area contributed by atoms with E-state index in [0.717, 1.165) is 250 Å². The van der Waals surface area contributed by atoms with Crippen molar-refractivity contribution in [3.05, 3.63) is 0 Å². The first-order valence-corrected chi connectivity index (χ1v) is 53.9. The maximum absolute atomic E-state index is 8.36. The van der Waals surface area contributed by atoms with E-state index < -0.39 is 48.7 Å². The van der Waals surface area contributed by atoms with Gasteiger partial charge in [0.1, 0.15) is 5.41 Å². The van der Waals surface area contributed by atoms with Crippen LogP contribution < -0.4 is 0 Å². The Morgan fingerprint density at radius 3 is 1.03 bits per heavy atom. The smallest absolute Gasteiger partial charge is 0.120 e. The zero-order chi connectivity index (χ0) is 98.0. The molecule has 0 aliphatic carbocycles. The molecule has 0 aliphatic rings. The summed E-state index contributed by atoms with van der Waals surface area (Å²) in [5.74, 6) is 140. The highest BCUT2D eigenvalue weighted by Crippen LogP contribution is 2.79. The van der Waals surface area contributed by atoms with Crippen LogP contribution in [0.5, 0.6) is 0 Å². The van der Waals surface area contributed by atoms with E-state index in [-0.39, 0.29) is 25.7 Å². The molecule has 0 bridgehead atoms. The topological polar surface area (TPSA) is 0 Å². The Hall–Kier alpha value is -9.24. The van der Waals surface area contributed by atoms with Crippen LogP contribution in [0.1, 0.15) is 533 Å². The van der Waals surface area contributed by atoms with Gasteiger partial charge in [-0.15, -0.1) is 187 Å². The van der Waals surface area contributed by atoms with E-state index in [1.165, 1.54) is 0 Å². The van der Waals surface area contributed by atoms with E-state index in [2.05, 4.69) is 261 Å². The first-order valence-electron chi connectivity index (χ1n) is 53.9. The Labute approximate surface area is 828 Å². The molecule has 0 spiro atoms. The minimum Gasteiger partial charge on any atom is -0.120 e. The lowest BCUT2D eigenvalue weighted by molar-refractivity contribution is -0.186. The van der Waals surface area contributed by atoms with Crippen molar-refractivity contribution in [1.82, 2.24) is 0 Å². The van der Waals surface area contributed by atoms with E-state index in [1.807, 2.05) is 6.92 Å². The van der Waals surface area contributed by atoms with Gasteiger partial charge in [0.05, 0.1) is 44.3 Å². The standard InChI is InChI=1S/C133H184/c1-21-40-58-71-77-83-93-109-126(39-19,110-94-84-78-72-59-41-22-2)128(113-98-85-74-61-43-24-4,114-99-88-79-73-60-42-23-3)130(117-103-86-75-62-44-25-5,118-104-87-76-63-45-26-6)132(120-100-80-64-46-27-7,121-101-81-65-47-28-8)133(119-97-70-52-33-13,122-102-82-66-48-29-9)131(115-95-68-50-31-11,116-96-69-51-32-12)129(112-91-55-36-16,127(107-56-37-17,108-57-38-18)111-90-54-35-15)124-123-125(20,105-89-53-34-14)106-92-67-49-30-10/h1,4,7,13,15-16,19H,22-23,25-26,28-32,34,37,40-52,54-55,58-66,68,70-80,82-83,85-86,88,91,93,97-98,100,105-106,108-110,112-113,116,118-121H2,2-3,5-6,8-12,14,17-18,20H3. The quantitative estimate of drug-likeness (QED) is 0.0421. The third-order valence-electron chi connectivity index (χ3n) is 26.9. The maximum atomic E-state index is 8.36. The van der Waals surface area contributed by atoms with Crippen LogP contribution >= 0.6 is 0 Å². The molecule has 0 fully saturated rings. The summed E-state index contributed by atoms with van der Waals surface area (Å²) in [4.78, 5) is 0. The molecule has 9 atom stereocenters. The van der Waals surface area contributed by atoms with Crippen molar-refractivity contribution in [1.29, 1.82) is 0 Å². The molecule has 0 radical (unpaired) electrons. The van der Waals surface area contributed by atoms with Gasteiger partial charge in [-0.3, -0.25) is 0 Å². The molecule has 0 aromatic heterocycles. The fourth-order valence-corrected chi connectivity index (χ4v) is 19.4. The largest absolute Gasteiger partial charge is 0.121 e. The third-order valence-corrected chi connectivity index (χ3v) is 26.9. The van der Waals surface area contributed by atoms with E-state index >= 15 is 0 Å². The van der Waals surface area contributed by atoms with Crippen molar-refractivity contribution in [2.45, 2.75) is 533 Å². The molecular formula is C133H184. The van der Waals surface area contributed by atoms with E-state index in [9.17, 15) is 0 Å². The highest BCUT2D eigenvalue weighted by atomic mass is 14.8. The summed E-state index contributed by atoms with van der Waals surface area (Å²) in [7, 11) is 0. The van der Waals surface area contributed by atoms with Crippen LogP contribution in [0.4, 0.5) is 0 Å². The number of hydrogen-bond acceptors (Lipinski definition) is 0. The van der Waals surface area contributed by atoms with E-state index in [4.69, 9.17) is 74.6 Å². The molecule has 0 aliphatic heterocycles. The number of unbranched alkanes of at least 4 members (excludes halogenated alkanes) is 40. The minimum atomic E-state index is -1.60. The molecule has 0 saturated heterocycles. The Morgan fingerprint density at radius 2 is 0.534 bits per heavy atom. The van der Waals surface area contributed by atoms with Gasteiger partial charge >= 0.3 is 0 Å². The summed E-state index contributed by atoms with van der Waals surface area (Å²) in [6.45, 7) is 28.9. The van der Waals surface area contributed by atoms with Gasteiger partial charge in [-0.2, -0.15) is 0 Å². The van der Waals surface area contributed by atoms with Gasteiger partial charge in [0.25, 0.3) is 0 Å². The average molecular weight is 1780 g/mol. The van der Waals surface area contributed by atoms with Crippen molar-refractivity contribution in [2.75, 3.05) is 0 Å². The molecule has 0 nitrogen and oxygen atoms in total. The van der Waals surface area contributed by atoms with Gasteiger partial charge < -0.3 is 0 Å². The van der Waals surface area contributed by atoms with E-state index in [0.29, 0.717) is 167 Å². The first-order chi connectivity index (χ1) is 65.1. The molecule has 716 valence electrons. The Morgan fingerprint density at radius 1 is 0.195 bits per heavy atom. The zero-order valence-corrected chi connectivity index (χ0v) is 87.8. The molecule has 0 saturated carbocycles. The van der Waals surface area contributed by atoms with Gasteiger partial charge in [-0.25, -0.2) is 0 Å². The van der Waals surface area contributed by atoms with Crippen LogP contribution in [0.25, 0.3) is 0 Å². The first kappa shape index (κ1) is 124. The third kappa shape index (κ3) is 44.4. The summed E-state index contributed by atoms with van der Waals surface area (Å²) in [6, 6.07) is 0. The molecule has 0 N–H and O–H groups in total. The number of hydrogen-bond donors (Lipinski definition) is 0. The fraction of sp³-hybridized carbons (Fsp3) is 0.684. The summed E-state index contributed by atoms with van der Waals surface area (Å²) < 4.78 is 0. The second-order valence-corrected chi connectivity index (χ2v) is 37.5. The van der Waals surface area contributed by atoms with Gasteiger partial charge in [0.15, 0.2) is 0 Å². The summed E-state index contributed by atoms with van der Waals surface area (Å²) >= 11 is 0. The van der Waals surface area contributed by atoms with Crippen molar-refractivity contribution >= 4 is 0 Å². The molecule has 133 heavy (non-hydrogen) atoms. The second kappa shape index (κ2) is 82.2. The molecule has 9 unspecified atom stereocenters. The fourth-order valence-electron chi connectivity index (χ4n) is 19.4. The maximum Gasteiger partial charge on any atom is 0.121 e. The molecule has 0 aromatic carbocycles. The monoisotopic (exact) mass is 1780 g/mol. The molecule has 0 amide bonds. The number of rotatable bonds is 64. The van der Waals surface area contributed by atoms with Crippen LogP contribution in [0.15, 0.2) is 0 Å². The lowest BCUT2D eigenvalue weighted by Crippen LogP contribution is -2.71. The predicted octanol–water partition coefficient (Wildman–Crippen LogP) is 34.5. The van der Waals surface area contributed by atoms with Crippen LogP contribution in [0, 0.1) is 301 Å². The lowest BCUT2D eigenvalue weighted by Gasteiger charge is -2.70. The van der Waals surface area contributed by atoms with E-state index in [1.54, 1.807) is 0 Å². The van der Waals surface area contributed by atoms with Crippen molar-refractivity contribution in [3.63, 3.8) is 0 Å². The molecular weight excluding hydrogens is 1600 g/mol. The van der Waals surface area contributed by atoms with Crippen LogP contribution in [-0.2, 0) is 0 Å². The van der Waals surface area contributed by atoms with Crippen LogP contribution in [0.2, 0.25) is 0 Å². The summed E-state index contributed by atoms with van der Waals surface area (Å²) in [6.07, 6.45) is 99.5. The summed E-state index contributed by atoms with van der Waals surface area (Å²) in [5.41, 5.74) is -12.3. The van der Waals surface area contributed by atoms with Gasteiger partial charge in [0, 0.05) is 153 Å². The van der Waals surface area contributed by atoms with Crippen molar-refractivity contribution in [3.8, 4) is 252 Å². The number of terminal acetylenes is 7. The lowest BCUT2D eigenvalue weighted by atomic mass is 9.28. The van der Waals surface area contributed by atoms with Crippen molar-refractivity contribution < 1.29 is 0 Å². The van der Waals surface area contributed by atoms with Crippen LogP contribution in [0.3, 0.4) is 0 Å². The molecule has 0 aromatic rings. The average Bonchev–Trinajstić information content (AvgIpc) is 0.654. The Kier molecular flexibility index (Phi) is 76.5. The molecule has 0 rings (SSSR count). The Bertz CT molecular complexity index is 4500. The minimum absolute atomic E-state index is 0.131. The van der Waals surface area contributed by atoms with Gasteiger partial charge in [0.2, 0.25) is 0 Å². The van der Waals surface area contributed by atoms with Crippen molar-refractivity contribution in [2.24, 2.45) is 48.7 Å². The second-order valence-electron chi connectivity index (χ2n) is 37.5.